The van der Waals surface area contributed by atoms with Crippen LogP contribution in [-0.2, 0) is 19.5 Å². The predicted octanol–water partition coefficient (Wildman–Crippen LogP) is 1.62. The quantitative estimate of drug-likeness (QED) is 0.554. The van der Waals surface area contributed by atoms with Crippen LogP contribution in [0.2, 0.25) is 0 Å². The predicted molar refractivity (Wildman–Crippen MR) is 93.8 cm³/mol. The van der Waals surface area contributed by atoms with E-state index in [-0.39, 0.29) is 11.7 Å². The van der Waals surface area contributed by atoms with Crippen LogP contribution in [0.1, 0.15) is 30.1 Å². The number of hydrogen-bond acceptors (Lipinski definition) is 5. The van der Waals surface area contributed by atoms with Gasteiger partial charge in [-0.1, -0.05) is 13.0 Å². The highest BCUT2D eigenvalue weighted by Crippen LogP contribution is 2.13. The van der Waals surface area contributed by atoms with E-state index < -0.39 is 10.0 Å². The second-order valence-corrected chi connectivity index (χ2v) is 7.06. The van der Waals surface area contributed by atoms with Gasteiger partial charge in [0.1, 0.15) is 0 Å². The van der Waals surface area contributed by atoms with Crippen molar-refractivity contribution in [1.29, 1.82) is 0 Å². The number of nitrogens with one attached hydrogen (secondary N) is 2. The van der Waals surface area contributed by atoms with E-state index in [2.05, 4.69) is 10.0 Å². The van der Waals surface area contributed by atoms with Crippen LogP contribution >= 0.6 is 0 Å². The summed E-state index contributed by atoms with van der Waals surface area (Å²) in [5.74, 6) is -0.199. The van der Waals surface area contributed by atoms with E-state index in [9.17, 15) is 13.2 Å². The lowest BCUT2D eigenvalue weighted by Gasteiger charge is -2.09. The molecule has 1 aromatic carbocycles. The Morgan fingerprint density at radius 2 is 2.00 bits per heavy atom. The van der Waals surface area contributed by atoms with Crippen molar-refractivity contribution in [3.8, 4) is 0 Å². The molecule has 0 aliphatic rings. The molecule has 0 saturated carbocycles. The van der Waals surface area contributed by atoms with Gasteiger partial charge in [-0.3, -0.25) is 9.52 Å². The monoisotopic (exact) mass is 358 g/mol. The molecule has 1 amide bonds. The highest BCUT2D eigenvalue weighted by atomic mass is 32.2. The van der Waals surface area contributed by atoms with Gasteiger partial charge in [0, 0.05) is 31.5 Å². The first-order chi connectivity index (χ1) is 11.5. The van der Waals surface area contributed by atoms with Gasteiger partial charge in [0.15, 0.2) is 0 Å². The van der Waals surface area contributed by atoms with Crippen molar-refractivity contribution in [2.24, 2.45) is 0 Å². The number of hydrogen-bond donors (Lipinski definition) is 2. The first-order valence-corrected chi connectivity index (χ1v) is 9.59. The smallest absolute Gasteiger partial charge is 0.251 e. The van der Waals surface area contributed by atoms with Crippen LogP contribution in [0.3, 0.4) is 0 Å². The van der Waals surface area contributed by atoms with Gasteiger partial charge < -0.3 is 14.8 Å². The average molecular weight is 358 g/mol. The second-order valence-electron chi connectivity index (χ2n) is 5.22. The van der Waals surface area contributed by atoms with Crippen molar-refractivity contribution >= 4 is 21.6 Å². The third-order valence-electron chi connectivity index (χ3n) is 3.05. The zero-order chi connectivity index (χ0) is 17.8. The van der Waals surface area contributed by atoms with Crippen LogP contribution in [-0.4, -0.2) is 53.6 Å². The van der Waals surface area contributed by atoms with E-state index in [1.807, 2.05) is 0 Å². The summed E-state index contributed by atoms with van der Waals surface area (Å²) in [5, 5.41) is 2.78. The fraction of sp³-hybridized carbons (Fsp3) is 0.562. The first kappa shape index (κ1) is 20.4. The van der Waals surface area contributed by atoms with Crippen molar-refractivity contribution in [2.75, 3.05) is 44.0 Å². The minimum Gasteiger partial charge on any atom is -0.382 e. The van der Waals surface area contributed by atoms with Crippen molar-refractivity contribution in [1.82, 2.24) is 5.32 Å². The lowest BCUT2D eigenvalue weighted by atomic mass is 10.2. The largest absolute Gasteiger partial charge is 0.382 e. The van der Waals surface area contributed by atoms with Crippen LogP contribution in [0, 0.1) is 0 Å². The Morgan fingerprint density at radius 1 is 1.21 bits per heavy atom. The zero-order valence-corrected chi connectivity index (χ0v) is 15.0. The number of benzene rings is 1. The van der Waals surface area contributed by atoms with Crippen molar-refractivity contribution in [3.05, 3.63) is 29.8 Å². The van der Waals surface area contributed by atoms with Gasteiger partial charge in [0.2, 0.25) is 10.0 Å². The van der Waals surface area contributed by atoms with E-state index in [4.69, 9.17) is 9.47 Å². The van der Waals surface area contributed by atoms with Gasteiger partial charge in [0.25, 0.3) is 5.91 Å². The highest BCUT2D eigenvalue weighted by molar-refractivity contribution is 7.92. The van der Waals surface area contributed by atoms with Crippen LogP contribution in [0.4, 0.5) is 5.69 Å². The van der Waals surface area contributed by atoms with Gasteiger partial charge in [-0.05, 0) is 31.0 Å². The molecule has 0 atom stereocenters. The molecular weight excluding hydrogens is 332 g/mol. The van der Waals surface area contributed by atoms with Crippen LogP contribution < -0.4 is 10.0 Å². The van der Waals surface area contributed by atoms with Gasteiger partial charge in [0.05, 0.1) is 19.0 Å². The lowest BCUT2D eigenvalue weighted by molar-refractivity contribution is 0.0688. The maximum Gasteiger partial charge on any atom is 0.251 e. The third-order valence-corrected chi connectivity index (χ3v) is 4.55. The summed E-state index contributed by atoms with van der Waals surface area (Å²) < 4.78 is 36.2. The summed E-state index contributed by atoms with van der Waals surface area (Å²) in [7, 11) is -1.76. The molecule has 136 valence electrons. The fourth-order valence-corrected chi connectivity index (χ4v) is 3.07. The summed E-state index contributed by atoms with van der Waals surface area (Å²) in [6, 6.07) is 6.43. The summed E-state index contributed by atoms with van der Waals surface area (Å²) >= 11 is 0. The molecule has 7 nitrogen and oxygen atoms in total. The second kappa shape index (κ2) is 11.0. The van der Waals surface area contributed by atoms with E-state index in [1.165, 1.54) is 6.07 Å². The summed E-state index contributed by atoms with van der Waals surface area (Å²) in [5.41, 5.74) is 0.797. The molecule has 0 radical (unpaired) electrons. The Bertz CT molecular complexity index is 604. The highest BCUT2D eigenvalue weighted by Gasteiger charge is 2.11. The molecule has 0 spiro atoms. The van der Waals surface area contributed by atoms with Gasteiger partial charge in [-0.2, -0.15) is 0 Å². The Morgan fingerprint density at radius 3 is 2.71 bits per heavy atom. The molecule has 0 fully saturated rings. The standard InChI is InChI=1S/C16H26N2O5S/c1-3-12-24(20,21)18-15-7-4-6-14(13-15)16(19)17-8-5-9-23-11-10-22-2/h4,6-7,13,18H,3,5,8-12H2,1-2H3,(H,17,19). The Labute approximate surface area is 143 Å². The normalized spacial score (nSPS) is 11.2. The number of carbonyl (C=O) groups excluding carboxylic acids is 1. The molecule has 0 aliphatic heterocycles. The number of anilines is 1. The molecule has 1 rings (SSSR count). The molecule has 0 bridgehead atoms. The SMILES string of the molecule is CCCS(=O)(=O)Nc1cccc(C(=O)NCCCOCCOC)c1. The Hall–Kier alpha value is -1.64. The Balaban J connectivity index is 2.44. The fourth-order valence-electron chi connectivity index (χ4n) is 1.95. The van der Waals surface area contributed by atoms with Gasteiger partial charge in [-0.25, -0.2) is 8.42 Å². The van der Waals surface area contributed by atoms with Gasteiger partial charge in [-0.15, -0.1) is 0 Å². The third kappa shape index (κ3) is 8.28. The molecule has 0 heterocycles. The maximum atomic E-state index is 12.1. The average Bonchev–Trinajstić information content (AvgIpc) is 2.53. The van der Waals surface area contributed by atoms with Crippen LogP contribution in [0.15, 0.2) is 24.3 Å². The summed E-state index contributed by atoms with van der Waals surface area (Å²) in [4.78, 5) is 12.1. The summed E-state index contributed by atoms with van der Waals surface area (Å²) in [6.07, 6.45) is 1.22. The number of methoxy groups -OCH3 is 1. The summed E-state index contributed by atoms with van der Waals surface area (Å²) in [6.45, 7) is 3.90. The molecule has 2 N–H and O–H groups in total. The number of carbonyl (C=O) groups is 1. The van der Waals surface area contributed by atoms with E-state index in [0.717, 1.165) is 0 Å². The molecule has 1 aromatic rings. The number of rotatable bonds is 12. The van der Waals surface area contributed by atoms with E-state index in [1.54, 1.807) is 32.2 Å². The molecule has 0 aromatic heterocycles. The number of amides is 1. The van der Waals surface area contributed by atoms with Crippen LogP contribution in [0.5, 0.6) is 0 Å². The molecular formula is C16H26N2O5S. The first-order valence-electron chi connectivity index (χ1n) is 7.94. The van der Waals surface area contributed by atoms with E-state index in [0.29, 0.717) is 50.5 Å². The number of sulfonamides is 1. The molecule has 0 saturated heterocycles. The van der Waals surface area contributed by atoms with Gasteiger partial charge >= 0.3 is 0 Å². The minimum absolute atomic E-state index is 0.0481. The van der Waals surface area contributed by atoms with Crippen molar-refractivity contribution in [3.63, 3.8) is 0 Å². The molecule has 0 unspecified atom stereocenters. The van der Waals surface area contributed by atoms with Crippen molar-refractivity contribution < 1.29 is 22.7 Å². The zero-order valence-electron chi connectivity index (χ0n) is 14.2. The molecule has 8 heteroatoms. The lowest BCUT2D eigenvalue weighted by Crippen LogP contribution is -2.25. The number of ether oxygens (including phenoxy) is 2. The molecule has 0 aliphatic carbocycles. The minimum atomic E-state index is -3.37. The van der Waals surface area contributed by atoms with E-state index >= 15 is 0 Å². The Kier molecular flexibility index (Phi) is 9.36. The molecule has 24 heavy (non-hydrogen) atoms. The van der Waals surface area contributed by atoms with Crippen molar-refractivity contribution in [2.45, 2.75) is 19.8 Å². The topological polar surface area (TPSA) is 93.7 Å². The van der Waals surface area contributed by atoms with Crippen LogP contribution in [0.25, 0.3) is 0 Å². The maximum absolute atomic E-state index is 12.1.